The molecule has 0 radical (unpaired) electrons. The van der Waals surface area contributed by atoms with Crippen LogP contribution in [0.25, 0.3) is 0 Å². The molecule has 0 atom stereocenters. The lowest BCUT2D eigenvalue weighted by molar-refractivity contribution is 0.152. The zero-order valence-corrected chi connectivity index (χ0v) is 6.29. The van der Waals surface area contributed by atoms with Gasteiger partial charge in [0.15, 0.2) is 0 Å². The van der Waals surface area contributed by atoms with E-state index < -0.39 is 6.08 Å². The van der Waals surface area contributed by atoms with Crippen molar-refractivity contribution < 1.29 is 13.5 Å². The summed E-state index contributed by atoms with van der Waals surface area (Å²) in [5.74, 6) is 0. The Balaban J connectivity index is 3.40. The van der Waals surface area contributed by atoms with Crippen LogP contribution in [-0.4, -0.2) is 13.2 Å². The first-order chi connectivity index (χ1) is 4.68. The van der Waals surface area contributed by atoms with Crippen molar-refractivity contribution in [3.05, 3.63) is 11.7 Å². The van der Waals surface area contributed by atoms with E-state index in [1.807, 2.05) is 6.92 Å². The second-order valence-electron chi connectivity index (χ2n) is 2.09. The van der Waals surface area contributed by atoms with Gasteiger partial charge >= 0.3 is 0 Å². The van der Waals surface area contributed by atoms with Gasteiger partial charge in [0.2, 0.25) is 0 Å². The third-order valence-electron chi connectivity index (χ3n) is 0.990. The van der Waals surface area contributed by atoms with Crippen LogP contribution < -0.4 is 0 Å². The summed E-state index contributed by atoms with van der Waals surface area (Å²) in [6.07, 6.45) is -0.766. The molecule has 0 aliphatic carbocycles. The van der Waals surface area contributed by atoms with E-state index in [2.05, 4.69) is 0 Å². The van der Waals surface area contributed by atoms with Gasteiger partial charge in [0.1, 0.15) is 0 Å². The fourth-order valence-corrected chi connectivity index (χ4v) is 0.424. The number of halogens is 2. The summed E-state index contributed by atoms with van der Waals surface area (Å²) in [6, 6.07) is 0. The molecule has 0 aromatic rings. The summed E-state index contributed by atoms with van der Waals surface area (Å²) in [7, 11) is 0. The van der Waals surface area contributed by atoms with Gasteiger partial charge in [-0.2, -0.15) is 8.78 Å². The largest absolute Gasteiger partial charge is 0.377 e. The van der Waals surface area contributed by atoms with E-state index in [1.165, 1.54) is 6.92 Å². The maximum absolute atomic E-state index is 11.7. The van der Waals surface area contributed by atoms with E-state index in [0.29, 0.717) is 6.61 Å². The van der Waals surface area contributed by atoms with Crippen LogP contribution in [0.2, 0.25) is 0 Å². The average Bonchev–Trinajstić information content (AvgIpc) is 1.88. The predicted molar refractivity (Wildman–Crippen MR) is 36.0 cm³/mol. The SMILES string of the molecule is CCCOCC(C)=C(F)F. The van der Waals surface area contributed by atoms with Gasteiger partial charge in [-0.15, -0.1) is 0 Å². The van der Waals surface area contributed by atoms with Crippen LogP contribution in [0.5, 0.6) is 0 Å². The Bertz CT molecular complexity index is 117. The van der Waals surface area contributed by atoms with Gasteiger partial charge in [0.25, 0.3) is 6.08 Å². The zero-order chi connectivity index (χ0) is 7.98. The molecule has 0 amide bonds. The molecule has 0 aliphatic rings. The summed E-state index contributed by atoms with van der Waals surface area (Å²) < 4.78 is 28.2. The van der Waals surface area contributed by atoms with E-state index in [1.54, 1.807) is 0 Å². The number of ether oxygens (including phenoxy) is 1. The third-order valence-corrected chi connectivity index (χ3v) is 0.990. The normalized spacial score (nSPS) is 9.60. The Labute approximate surface area is 59.7 Å². The fraction of sp³-hybridized carbons (Fsp3) is 0.714. The molecule has 3 heteroatoms. The summed E-state index contributed by atoms with van der Waals surface area (Å²) >= 11 is 0. The predicted octanol–water partition coefficient (Wildman–Crippen LogP) is 2.58. The molecule has 0 bridgehead atoms. The molecule has 0 rings (SSSR count). The van der Waals surface area contributed by atoms with Crippen molar-refractivity contribution in [3.8, 4) is 0 Å². The number of hydrogen-bond acceptors (Lipinski definition) is 1. The van der Waals surface area contributed by atoms with Gasteiger partial charge in [-0.1, -0.05) is 6.92 Å². The molecule has 0 N–H and O–H groups in total. The lowest BCUT2D eigenvalue weighted by Gasteiger charge is -1.99. The van der Waals surface area contributed by atoms with Gasteiger partial charge in [-0.05, 0) is 13.3 Å². The molecule has 0 heterocycles. The van der Waals surface area contributed by atoms with Crippen LogP contribution in [-0.2, 0) is 4.74 Å². The van der Waals surface area contributed by atoms with E-state index in [9.17, 15) is 8.78 Å². The second kappa shape index (κ2) is 5.35. The van der Waals surface area contributed by atoms with Crippen molar-refractivity contribution in [2.45, 2.75) is 20.3 Å². The molecule has 0 unspecified atom stereocenters. The van der Waals surface area contributed by atoms with Crippen molar-refractivity contribution in [2.75, 3.05) is 13.2 Å². The Kier molecular flexibility index (Phi) is 5.12. The Hall–Kier alpha value is -0.440. The third kappa shape index (κ3) is 4.44. The molecular weight excluding hydrogens is 138 g/mol. The highest BCUT2D eigenvalue weighted by atomic mass is 19.3. The lowest BCUT2D eigenvalue weighted by atomic mass is 10.4. The van der Waals surface area contributed by atoms with Crippen molar-refractivity contribution in [1.29, 1.82) is 0 Å². The molecular formula is C7H12F2O. The number of rotatable bonds is 4. The summed E-state index contributed by atoms with van der Waals surface area (Å²) in [4.78, 5) is 0. The van der Waals surface area contributed by atoms with Crippen molar-refractivity contribution in [1.82, 2.24) is 0 Å². The molecule has 0 aromatic heterocycles. The van der Waals surface area contributed by atoms with Crippen LogP contribution in [0.3, 0.4) is 0 Å². The topological polar surface area (TPSA) is 9.23 Å². The molecule has 1 nitrogen and oxygen atoms in total. The van der Waals surface area contributed by atoms with Crippen LogP contribution in [0.15, 0.2) is 11.7 Å². The van der Waals surface area contributed by atoms with Crippen LogP contribution in [0, 0.1) is 0 Å². The van der Waals surface area contributed by atoms with Crippen molar-refractivity contribution in [2.24, 2.45) is 0 Å². The maximum atomic E-state index is 11.7. The molecule has 0 saturated heterocycles. The van der Waals surface area contributed by atoms with Crippen LogP contribution in [0.4, 0.5) is 8.78 Å². The molecule has 0 aromatic carbocycles. The monoisotopic (exact) mass is 150 g/mol. The minimum Gasteiger partial charge on any atom is -0.377 e. The highest BCUT2D eigenvalue weighted by Gasteiger charge is 1.97. The molecule has 0 fully saturated rings. The fourth-order valence-electron chi connectivity index (χ4n) is 0.424. The van der Waals surface area contributed by atoms with Crippen LogP contribution in [0.1, 0.15) is 20.3 Å². The second-order valence-corrected chi connectivity index (χ2v) is 2.09. The van der Waals surface area contributed by atoms with Gasteiger partial charge in [0, 0.05) is 12.2 Å². The molecule has 10 heavy (non-hydrogen) atoms. The molecule has 0 aliphatic heterocycles. The van der Waals surface area contributed by atoms with E-state index in [0.717, 1.165) is 6.42 Å². The highest BCUT2D eigenvalue weighted by Crippen LogP contribution is 2.06. The first kappa shape index (κ1) is 9.56. The van der Waals surface area contributed by atoms with E-state index >= 15 is 0 Å². The first-order valence-corrected chi connectivity index (χ1v) is 3.27. The Morgan fingerprint density at radius 3 is 2.40 bits per heavy atom. The summed E-state index contributed by atoms with van der Waals surface area (Å²) in [5, 5.41) is 0. The molecule has 60 valence electrons. The summed E-state index contributed by atoms with van der Waals surface area (Å²) in [5.41, 5.74) is 0.0217. The van der Waals surface area contributed by atoms with Gasteiger partial charge in [-0.25, -0.2) is 0 Å². The minimum absolute atomic E-state index is 0.0217. The lowest BCUT2D eigenvalue weighted by Crippen LogP contribution is -1.97. The highest BCUT2D eigenvalue weighted by molar-refractivity contribution is 4.97. The first-order valence-electron chi connectivity index (χ1n) is 3.27. The van der Waals surface area contributed by atoms with E-state index in [4.69, 9.17) is 4.74 Å². The van der Waals surface area contributed by atoms with Crippen molar-refractivity contribution >= 4 is 0 Å². The quantitative estimate of drug-likeness (QED) is 0.559. The number of hydrogen-bond donors (Lipinski definition) is 0. The average molecular weight is 150 g/mol. The van der Waals surface area contributed by atoms with Crippen molar-refractivity contribution in [3.63, 3.8) is 0 Å². The zero-order valence-electron chi connectivity index (χ0n) is 6.29. The van der Waals surface area contributed by atoms with Gasteiger partial charge < -0.3 is 4.74 Å². The molecule has 0 spiro atoms. The van der Waals surface area contributed by atoms with Crippen LogP contribution >= 0.6 is 0 Å². The van der Waals surface area contributed by atoms with Gasteiger partial charge in [-0.3, -0.25) is 0 Å². The summed E-state index contributed by atoms with van der Waals surface area (Å²) in [6.45, 7) is 3.90. The Morgan fingerprint density at radius 1 is 1.40 bits per heavy atom. The minimum atomic E-state index is -1.63. The van der Waals surface area contributed by atoms with E-state index in [-0.39, 0.29) is 12.2 Å². The van der Waals surface area contributed by atoms with Gasteiger partial charge in [0.05, 0.1) is 6.61 Å². The maximum Gasteiger partial charge on any atom is 0.271 e. The smallest absolute Gasteiger partial charge is 0.271 e. The Morgan fingerprint density at radius 2 is 2.00 bits per heavy atom. The molecule has 0 saturated carbocycles. The standard InChI is InChI=1S/C7H12F2O/c1-3-4-10-5-6(2)7(8)9/h3-5H2,1-2H3.